The van der Waals surface area contributed by atoms with Gasteiger partial charge in [-0.1, -0.05) is 72.3 Å². The van der Waals surface area contributed by atoms with Crippen LogP contribution >= 0.6 is 15.9 Å². The molecule has 270 valence electrons. The van der Waals surface area contributed by atoms with Gasteiger partial charge < -0.3 is 14.5 Å². The maximum Gasteiger partial charge on any atom is 0.269 e. The Morgan fingerprint density at radius 3 is 2.09 bits per heavy atom. The normalized spacial score (nSPS) is 11.3. The van der Waals surface area contributed by atoms with Crippen molar-refractivity contribution >= 4 is 54.1 Å². The number of ether oxygens (including phenoxy) is 2. The van der Waals surface area contributed by atoms with Gasteiger partial charge in [-0.2, -0.15) is 0 Å². The summed E-state index contributed by atoms with van der Waals surface area (Å²) in [6.07, 6.45) is 6.63. The van der Waals surface area contributed by atoms with E-state index >= 15 is 0 Å². The second kappa shape index (κ2) is 15.0. The zero-order valence-corrected chi connectivity index (χ0v) is 32.0. The number of aromatic nitrogens is 6. The lowest BCUT2D eigenvalue weighted by Crippen LogP contribution is -2.12. The summed E-state index contributed by atoms with van der Waals surface area (Å²) in [6, 6.07) is 29.3. The summed E-state index contributed by atoms with van der Waals surface area (Å²) >= 11 is 3.32. The van der Waals surface area contributed by atoms with Crippen LogP contribution in [0.2, 0.25) is 0 Å². The van der Waals surface area contributed by atoms with Gasteiger partial charge in [0, 0.05) is 45.8 Å². The number of Topliss-reactive ketones (excluding diaryl/α,β-unsaturated/α-hetero) is 1. The number of hydrogen-bond donors (Lipinski definition) is 1. The number of fused-ring (bicyclic) bond motifs is 2. The number of aromatic amines is 1. The van der Waals surface area contributed by atoms with E-state index in [1.807, 2.05) is 79.9 Å². The molecular weight excluding hydrogens is 768 g/mol. The topological polar surface area (TPSA) is 142 Å². The largest absolute Gasteiger partial charge is 0.496 e. The molecule has 0 aliphatic carbocycles. The number of carbonyl (C=O) groups is 1. The first kappa shape index (κ1) is 36.2. The molecule has 8 aromatic rings. The van der Waals surface area contributed by atoms with Crippen molar-refractivity contribution in [1.29, 1.82) is 0 Å². The summed E-state index contributed by atoms with van der Waals surface area (Å²) in [5, 5.41) is 0. The number of nitrogens with one attached hydrogen (secondary N) is 1. The van der Waals surface area contributed by atoms with Crippen LogP contribution in [0.5, 0.6) is 11.5 Å². The van der Waals surface area contributed by atoms with E-state index < -0.39 is 10.0 Å². The quantitative estimate of drug-likeness (QED) is 0.149. The van der Waals surface area contributed by atoms with Crippen LogP contribution in [0.1, 0.15) is 22.8 Å². The Kier molecular flexibility index (Phi) is 10.1. The summed E-state index contributed by atoms with van der Waals surface area (Å²) in [6.45, 7) is 3.46. The number of carbonyl (C=O) groups excluding carboxylic acids is 1. The van der Waals surface area contributed by atoms with E-state index in [0.29, 0.717) is 32.6 Å². The molecule has 4 aromatic carbocycles. The number of hydrogen-bond acceptors (Lipinski definition) is 9. The average Bonchev–Trinajstić information content (AvgIpc) is 3.80. The molecule has 8 rings (SSSR count). The number of aryl methyl sites for hydroxylation is 1. The fraction of sp³-hybridized carbons (Fsp3) is 0.0976. The van der Waals surface area contributed by atoms with Gasteiger partial charge in [-0.05, 0) is 60.1 Å². The highest BCUT2D eigenvalue weighted by atomic mass is 79.9. The summed E-state index contributed by atoms with van der Waals surface area (Å²) in [7, 11) is -0.621. The third-order valence-corrected chi connectivity index (χ3v) is 10.8. The van der Waals surface area contributed by atoms with Crippen molar-refractivity contribution < 1.29 is 22.7 Å². The SMILES string of the molecule is COc1ccccc1-c1c[nH]c2ncc(-c3cccc(C(C)=O)c3)nc12.COc1ccccc1-c1cn(S(=O)(=O)c2ccc(C)cc2)c2ncc(Br)nc12. The second-order valence-electron chi connectivity index (χ2n) is 12.2. The Bertz CT molecular complexity index is 2780. The van der Waals surface area contributed by atoms with Crippen LogP contribution in [0, 0.1) is 6.92 Å². The smallest absolute Gasteiger partial charge is 0.269 e. The van der Waals surface area contributed by atoms with Crippen molar-refractivity contribution in [2.24, 2.45) is 0 Å². The number of ketones is 1. The molecule has 0 atom stereocenters. The minimum Gasteiger partial charge on any atom is -0.496 e. The molecule has 4 aromatic heterocycles. The van der Waals surface area contributed by atoms with Gasteiger partial charge in [-0.3, -0.25) is 4.79 Å². The summed E-state index contributed by atoms with van der Waals surface area (Å²) in [5.41, 5.74) is 8.64. The van der Waals surface area contributed by atoms with Gasteiger partial charge in [0.05, 0.1) is 37.2 Å². The van der Waals surface area contributed by atoms with E-state index in [1.165, 1.54) is 10.2 Å². The van der Waals surface area contributed by atoms with E-state index in [1.54, 1.807) is 63.9 Å². The predicted molar refractivity (Wildman–Crippen MR) is 212 cm³/mol. The lowest BCUT2D eigenvalue weighted by atomic mass is 10.1. The van der Waals surface area contributed by atoms with E-state index in [-0.39, 0.29) is 16.3 Å². The third kappa shape index (κ3) is 6.98. The van der Waals surface area contributed by atoms with Gasteiger partial charge in [-0.15, -0.1) is 0 Å². The van der Waals surface area contributed by atoms with Crippen molar-refractivity contribution in [3.63, 3.8) is 0 Å². The number of benzene rings is 4. The molecule has 0 saturated carbocycles. The van der Waals surface area contributed by atoms with Crippen molar-refractivity contribution in [3.8, 4) is 45.0 Å². The van der Waals surface area contributed by atoms with Crippen LogP contribution in [0.4, 0.5) is 0 Å². The molecule has 0 radical (unpaired) electrons. The molecule has 0 fully saturated rings. The molecule has 0 aliphatic rings. The van der Waals surface area contributed by atoms with Crippen molar-refractivity contribution in [3.05, 3.63) is 138 Å². The molecule has 54 heavy (non-hydrogen) atoms. The summed E-state index contributed by atoms with van der Waals surface area (Å²) in [4.78, 5) is 33.1. The molecule has 0 spiro atoms. The van der Waals surface area contributed by atoms with Crippen LogP contribution in [-0.2, 0) is 10.0 Å². The first-order valence-corrected chi connectivity index (χ1v) is 18.9. The number of halogens is 1. The highest BCUT2D eigenvalue weighted by molar-refractivity contribution is 9.10. The maximum absolute atomic E-state index is 13.3. The number of H-pyrrole nitrogens is 1. The zero-order chi connectivity index (χ0) is 38.0. The highest BCUT2D eigenvalue weighted by Crippen LogP contribution is 2.37. The summed E-state index contributed by atoms with van der Waals surface area (Å²) in [5.74, 6) is 1.42. The molecular formula is C41H33BrN6O5S. The van der Waals surface area contributed by atoms with Gasteiger partial charge in [0.1, 0.15) is 27.1 Å². The van der Waals surface area contributed by atoms with Crippen LogP contribution in [-0.4, -0.2) is 57.3 Å². The Labute approximate surface area is 319 Å². The zero-order valence-electron chi connectivity index (χ0n) is 29.6. The molecule has 0 bridgehead atoms. The monoisotopic (exact) mass is 800 g/mol. The molecule has 4 heterocycles. The average molecular weight is 802 g/mol. The van der Waals surface area contributed by atoms with Gasteiger partial charge >= 0.3 is 0 Å². The van der Waals surface area contributed by atoms with Crippen molar-refractivity contribution in [2.75, 3.05) is 14.2 Å². The maximum atomic E-state index is 13.3. The first-order valence-electron chi connectivity index (χ1n) is 16.7. The lowest BCUT2D eigenvalue weighted by Gasteiger charge is -2.07. The Balaban J connectivity index is 0.000000167. The standard InChI is InChI=1S/C21H17N3O2.C20H16BrN3O3S/c1-13(25)14-6-5-7-15(10-14)18-12-23-21-20(24-18)17(11-22-21)16-8-3-4-9-19(16)26-2;1-13-7-9-14(10-8-13)28(25,26)24-12-16(15-5-3-4-6-17(15)27-2)19-20(24)22-11-18(21)23-19/h3-12H,1-2H3,(H,22,23);3-12H,1-2H3. The minimum atomic E-state index is -3.84. The molecule has 1 N–H and O–H groups in total. The minimum absolute atomic E-state index is 0.0252. The van der Waals surface area contributed by atoms with Crippen LogP contribution in [0.15, 0.2) is 131 Å². The Morgan fingerprint density at radius 1 is 0.759 bits per heavy atom. The van der Waals surface area contributed by atoms with E-state index in [2.05, 4.69) is 35.9 Å². The van der Waals surface area contributed by atoms with Gasteiger partial charge in [0.25, 0.3) is 10.0 Å². The van der Waals surface area contributed by atoms with Gasteiger partial charge in [0.2, 0.25) is 0 Å². The third-order valence-electron chi connectivity index (χ3n) is 8.75. The molecule has 0 unspecified atom stereocenters. The van der Waals surface area contributed by atoms with Gasteiger partial charge in [-0.25, -0.2) is 32.3 Å². The molecule has 11 nitrogen and oxygen atoms in total. The molecule has 0 aliphatic heterocycles. The highest BCUT2D eigenvalue weighted by Gasteiger charge is 2.25. The fourth-order valence-electron chi connectivity index (χ4n) is 6.01. The number of nitrogens with zero attached hydrogens (tertiary/aromatic N) is 5. The second-order valence-corrected chi connectivity index (χ2v) is 14.8. The number of para-hydroxylation sites is 2. The summed E-state index contributed by atoms with van der Waals surface area (Å²) < 4.78 is 39.2. The van der Waals surface area contributed by atoms with Crippen LogP contribution < -0.4 is 9.47 Å². The molecule has 0 amide bonds. The number of methoxy groups -OCH3 is 2. The van der Waals surface area contributed by atoms with E-state index in [9.17, 15) is 13.2 Å². The lowest BCUT2D eigenvalue weighted by molar-refractivity contribution is 0.101. The Morgan fingerprint density at radius 2 is 1.43 bits per heavy atom. The fourth-order valence-corrected chi connectivity index (χ4v) is 7.61. The van der Waals surface area contributed by atoms with Crippen LogP contribution in [0.25, 0.3) is 55.8 Å². The Hall–Kier alpha value is -6.18. The van der Waals surface area contributed by atoms with Crippen LogP contribution in [0.3, 0.4) is 0 Å². The molecule has 13 heteroatoms. The molecule has 0 saturated heterocycles. The van der Waals surface area contributed by atoms with E-state index in [0.717, 1.165) is 44.8 Å². The predicted octanol–water partition coefficient (Wildman–Crippen LogP) is 8.92. The van der Waals surface area contributed by atoms with Gasteiger partial charge in [0.15, 0.2) is 17.1 Å². The number of rotatable bonds is 8. The van der Waals surface area contributed by atoms with E-state index in [4.69, 9.17) is 14.5 Å². The van der Waals surface area contributed by atoms with Crippen molar-refractivity contribution in [1.82, 2.24) is 28.9 Å². The van der Waals surface area contributed by atoms with Crippen molar-refractivity contribution in [2.45, 2.75) is 18.7 Å². The first-order chi connectivity index (χ1) is 26.1.